The second kappa shape index (κ2) is 6.06. The normalized spacial score (nSPS) is 18.3. The number of aryl methyl sites for hydroxylation is 2. The summed E-state index contributed by atoms with van der Waals surface area (Å²) in [6, 6.07) is 0. The molecule has 1 aromatic heterocycles. The van der Waals surface area contributed by atoms with Crippen molar-refractivity contribution in [3.05, 3.63) is 11.4 Å². The number of aromatic nitrogens is 2. The molecule has 2 rings (SSSR count). The summed E-state index contributed by atoms with van der Waals surface area (Å²) in [6.07, 6.45) is 4.73. The molecule has 120 valence electrons. The molecule has 0 bridgehead atoms. The van der Waals surface area contributed by atoms with Crippen molar-refractivity contribution in [2.45, 2.75) is 69.9 Å². The zero-order chi connectivity index (χ0) is 15.7. The van der Waals surface area contributed by atoms with Crippen LogP contribution < -0.4 is 10.5 Å². The minimum absolute atomic E-state index is 0.322. The zero-order valence-corrected chi connectivity index (χ0v) is 14.0. The molecular formula is C14H26N4O2S. The fourth-order valence-corrected chi connectivity index (χ4v) is 5.04. The van der Waals surface area contributed by atoms with Crippen LogP contribution in [0.5, 0.6) is 0 Å². The summed E-state index contributed by atoms with van der Waals surface area (Å²) in [5.74, 6) is 0. The highest BCUT2D eigenvalue weighted by Crippen LogP contribution is 2.31. The van der Waals surface area contributed by atoms with E-state index in [0.717, 1.165) is 32.1 Å². The van der Waals surface area contributed by atoms with Crippen molar-refractivity contribution in [3.63, 3.8) is 0 Å². The molecule has 3 N–H and O–H groups in total. The van der Waals surface area contributed by atoms with E-state index >= 15 is 0 Å². The fraction of sp³-hybridized carbons (Fsp3) is 0.786. The first kappa shape index (κ1) is 16.5. The maximum absolute atomic E-state index is 12.7. The minimum Gasteiger partial charge on any atom is -0.330 e. The van der Waals surface area contributed by atoms with Gasteiger partial charge in [0.15, 0.2) is 0 Å². The van der Waals surface area contributed by atoms with E-state index in [9.17, 15) is 8.42 Å². The van der Waals surface area contributed by atoms with Gasteiger partial charge in [-0.2, -0.15) is 5.10 Å². The Morgan fingerprint density at radius 2 is 1.95 bits per heavy atom. The van der Waals surface area contributed by atoms with Crippen LogP contribution in [-0.2, 0) is 16.6 Å². The lowest BCUT2D eigenvalue weighted by atomic mass is 10.0. The van der Waals surface area contributed by atoms with Gasteiger partial charge in [-0.1, -0.05) is 12.8 Å². The third-order valence-electron chi connectivity index (χ3n) is 4.25. The molecule has 0 amide bonds. The van der Waals surface area contributed by atoms with Gasteiger partial charge < -0.3 is 5.73 Å². The smallest absolute Gasteiger partial charge is 0.244 e. The summed E-state index contributed by atoms with van der Waals surface area (Å²) in [5.41, 5.74) is 6.43. The van der Waals surface area contributed by atoms with Crippen LogP contribution in [0, 0.1) is 13.8 Å². The lowest BCUT2D eigenvalue weighted by Gasteiger charge is -2.25. The van der Waals surface area contributed by atoms with Crippen LogP contribution in [0.4, 0.5) is 0 Å². The molecule has 0 aliphatic heterocycles. The molecule has 0 atom stereocenters. The molecule has 1 aromatic rings. The predicted octanol–water partition coefficient (Wildman–Crippen LogP) is 1.46. The summed E-state index contributed by atoms with van der Waals surface area (Å²) in [5, 5.41) is 4.35. The van der Waals surface area contributed by atoms with Gasteiger partial charge in [-0.25, -0.2) is 13.1 Å². The number of nitrogens with two attached hydrogens (primary N) is 1. The molecule has 0 radical (unpaired) electrons. The average molecular weight is 314 g/mol. The Labute approximate surface area is 127 Å². The summed E-state index contributed by atoms with van der Waals surface area (Å²) in [6.45, 7) is 6.76. The quantitative estimate of drug-likeness (QED) is 0.832. The van der Waals surface area contributed by atoms with E-state index in [2.05, 4.69) is 9.82 Å². The lowest BCUT2D eigenvalue weighted by molar-refractivity contribution is 0.427. The first-order valence-electron chi connectivity index (χ1n) is 7.57. The molecule has 7 heteroatoms. The van der Waals surface area contributed by atoms with Crippen LogP contribution in [0.2, 0.25) is 0 Å². The Hall–Kier alpha value is -0.920. The zero-order valence-electron chi connectivity index (χ0n) is 13.1. The number of sulfonamides is 1. The van der Waals surface area contributed by atoms with Gasteiger partial charge in [0.2, 0.25) is 10.0 Å². The highest BCUT2D eigenvalue weighted by molar-refractivity contribution is 7.89. The number of nitrogens with zero attached hydrogens (tertiary/aromatic N) is 2. The molecule has 21 heavy (non-hydrogen) atoms. The van der Waals surface area contributed by atoms with Gasteiger partial charge in [0.25, 0.3) is 0 Å². The van der Waals surface area contributed by atoms with E-state index in [0.29, 0.717) is 29.4 Å². The first-order valence-corrected chi connectivity index (χ1v) is 9.05. The van der Waals surface area contributed by atoms with Crippen molar-refractivity contribution in [1.29, 1.82) is 0 Å². The molecule has 0 saturated heterocycles. The Bertz CT molecular complexity index is 601. The topological polar surface area (TPSA) is 90.0 Å². The number of rotatable bonds is 6. The molecule has 1 heterocycles. The van der Waals surface area contributed by atoms with E-state index in [-0.39, 0.29) is 5.54 Å². The maximum atomic E-state index is 12.7. The number of hydrogen-bond acceptors (Lipinski definition) is 4. The standard InChI is InChI=1S/C14H26N4O2S/c1-11-13(12(2)18(16-11)10-6-9-15)21(19,20)17-14(3)7-4-5-8-14/h17H,4-10,15H2,1-3H3. The highest BCUT2D eigenvalue weighted by Gasteiger charge is 2.35. The molecule has 1 aliphatic rings. The summed E-state index contributed by atoms with van der Waals surface area (Å²) < 4.78 is 30.1. The monoisotopic (exact) mass is 314 g/mol. The van der Waals surface area contributed by atoms with Crippen LogP contribution in [0.15, 0.2) is 4.90 Å². The molecule has 1 saturated carbocycles. The van der Waals surface area contributed by atoms with Gasteiger partial charge in [0.1, 0.15) is 4.90 Å². The second-order valence-corrected chi connectivity index (χ2v) is 7.86. The molecular weight excluding hydrogens is 288 g/mol. The van der Waals surface area contributed by atoms with Crippen molar-refractivity contribution in [1.82, 2.24) is 14.5 Å². The Kier molecular flexibility index (Phi) is 4.75. The van der Waals surface area contributed by atoms with Crippen molar-refractivity contribution in [3.8, 4) is 0 Å². The highest BCUT2D eigenvalue weighted by atomic mass is 32.2. The maximum Gasteiger partial charge on any atom is 0.244 e. The SMILES string of the molecule is Cc1nn(CCCN)c(C)c1S(=O)(=O)NC1(C)CCCC1. The van der Waals surface area contributed by atoms with Gasteiger partial charge in [-0.15, -0.1) is 0 Å². The van der Waals surface area contributed by atoms with Gasteiger partial charge in [-0.3, -0.25) is 4.68 Å². The van der Waals surface area contributed by atoms with Gasteiger partial charge >= 0.3 is 0 Å². The van der Waals surface area contributed by atoms with Crippen molar-refractivity contribution in [2.75, 3.05) is 6.54 Å². The third kappa shape index (κ3) is 3.46. The van der Waals surface area contributed by atoms with Crippen LogP contribution >= 0.6 is 0 Å². The summed E-state index contributed by atoms with van der Waals surface area (Å²) >= 11 is 0. The first-order chi connectivity index (χ1) is 9.79. The van der Waals surface area contributed by atoms with Crippen LogP contribution in [0.25, 0.3) is 0 Å². The molecule has 0 unspecified atom stereocenters. The van der Waals surface area contributed by atoms with Crippen LogP contribution in [0.1, 0.15) is 50.4 Å². The van der Waals surface area contributed by atoms with Crippen molar-refractivity contribution >= 4 is 10.0 Å². The number of nitrogens with one attached hydrogen (secondary N) is 1. The second-order valence-electron chi connectivity index (χ2n) is 6.24. The van der Waals surface area contributed by atoms with Crippen LogP contribution in [0.3, 0.4) is 0 Å². The van der Waals surface area contributed by atoms with Crippen molar-refractivity contribution < 1.29 is 8.42 Å². The van der Waals surface area contributed by atoms with E-state index < -0.39 is 10.0 Å². The van der Waals surface area contributed by atoms with E-state index in [1.165, 1.54) is 0 Å². The minimum atomic E-state index is -3.53. The van der Waals surface area contributed by atoms with Gasteiger partial charge in [-0.05, 0) is 46.6 Å². The Morgan fingerprint density at radius 3 is 2.52 bits per heavy atom. The fourth-order valence-electron chi connectivity index (χ4n) is 3.16. The van der Waals surface area contributed by atoms with E-state index in [4.69, 9.17) is 5.73 Å². The number of hydrogen-bond donors (Lipinski definition) is 2. The van der Waals surface area contributed by atoms with Gasteiger partial charge in [0.05, 0.1) is 11.4 Å². The predicted molar refractivity (Wildman–Crippen MR) is 82.6 cm³/mol. The Morgan fingerprint density at radius 1 is 1.33 bits per heavy atom. The molecule has 0 aromatic carbocycles. The summed E-state index contributed by atoms with van der Waals surface area (Å²) in [4.78, 5) is 0.327. The van der Waals surface area contributed by atoms with Gasteiger partial charge in [0, 0.05) is 12.1 Å². The van der Waals surface area contributed by atoms with E-state index in [1.807, 2.05) is 13.8 Å². The molecule has 1 aliphatic carbocycles. The molecule has 0 spiro atoms. The molecule has 6 nitrogen and oxygen atoms in total. The lowest BCUT2D eigenvalue weighted by Crippen LogP contribution is -2.43. The largest absolute Gasteiger partial charge is 0.330 e. The van der Waals surface area contributed by atoms with Crippen LogP contribution in [-0.4, -0.2) is 30.3 Å². The Balaban J connectivity index is 2.29. The third-order valence-corrected chi connectivity index (χ3v) is 6.14. The van der Waals surface area contributed by atoms with Crippen molar-refractivity contribution in [2.24, 2.45) is 5.73 Å². The molecule has 1 fully saturated rings. The summed E-state index contributed by atoms with van der Waals surface area (Å²) in [7, 11) is -3.53. The average Bonchev–Trinajstić information content (AvgIpc) is 2.90. The van der Waals surface area contributed by atoms with E-state index in [1.54, 1.807) is 11.6 Å².